The van der Waals surface area contributed by atoms with E-state index in [4.69, 9.17) is 0 Å². The fourth-order valence-electron chi connectivity index (χ4n) is 0.796. The Kier molecular flexibility index (Phi) is 9.66. The van der Waals surface area contributed by atoms with Crippen molar-refractivity contribution in [1.82, 2.24) is 5.32 Å². The summed E-state index contributed by atoms with van der Waals surface area (Å²) in [7, 11) is 0. The highest BCUT2D eigenvalue weighted by Gasteiger charge is 1.99. The molecule has 0 saturated heterocycles. The van der Waals surface area contributed by atoms with E-state index in [1.807, 2.05) is 27.7 Å². The summed E-state index contributed by atoms with van der Waals surface area (Å²) in [5.41, 5.74) is 2.24. The van der Waals surface area contributed by atoms with Crippen LogP contribution in [0, 0.1) is 5.92 Å². The minimum absolute atomic E-state index is 0.557. The topological polar surface area (TPSA) is 12.0 Å². The molecule has 0 aliphatic carbocycles. The number of allylic oxidation sites excluding steroid dienone is 3. The first-order valence-corrected chi connectivity index (χ1v) is 4.66. The zero-order chi connectivity index (χ0) is 10.1. The number of hydrogen-bond donors (Lipinski definition) is 1. The van der Waals surface area contributed by atoms with Gasteiger partial charge in [0, 0.05) is 11.4 Å². The second kappa shape index (κ2) is 8.38. The maximum Gasteiger partial charge on any atom is 0.0131 e. The van der Waals surface area contributed by atoms with E-state index < -0.39 is 0 Å². The van der Waals surface area contributed by atoms with Gasteiger partial charge in [0.15, 0.2) is 0 Å². The Morgan fingerprint density at radius 2 is 1.75 bits per heavy atom. The molecule has 0 aromatic heterocycles. The molecule has 0 rings (SSSR count). The van der Waals surface area contributed by atoms with Crippen LogP contribution in [-0.4, -0.2) is 0 Å². The summed E-state index contributed by atoms with van der Waals surface area (Å²) in [6, 6.07) is 0. The van der Waals surface area contributed by atoms with E-state index in [1.165, 1.54) is 5.70 Å². The first kappa shape index (κ1) is 13.8. The van der Waals surface area contributed by atoms with Gasteiger partial charge in [0.25, 0.3) is 0 Å². The van der Waals surface area contributed by atoms with Gasteiger partial charge in [-0.25, -0.2) is 0 Å². The summed E-state index contributed by atoms with van der Waals surface area (Å²) < 4.78 is 0. The molecule has 0 aliphatic heterocycles. The van der Waals surface area contributed by atoms with Crippen LogP contribution < -0.4 is 5.32 Å². The van der Waals surface area contributed by atoms with E-state index in [9.17, 15) is 0 Å². The van der Waals surface area contributed by atoms with Gasteiger partial charge in [-0.3, -0.25) is 0 Å². The lowest BCUT2D eigenvalue weighted by molar-refractivity contribution is 0.698. The van der Waals surface area contributed by atoms with E-state index in [0.717, 1.165) is 5.70 Å². The number of nitrogens with one attached hydrogen (secondary N) is 1. The molecule has 0 bridgehead atoms. The van der Waals surface area contributed by atoms with E-state index in [0.29, 0.717) is 5.92 Å². The third-order valence-corrected chi connectivity index (χ3v) is 1.29. The fourth-order valence-corrected chi connectivity index (χ4v) is 0.796. The summed E-state index contributed by atoms with van der Waals surface area (Å²) in [5, 5.41) is 3.20. The predicted octanol–water partition coefficient (Wildman–Crippen LogP) is 3.70. The third-order valence-electron chi connectivity index (χ3n) is 1.29. The molecule has 1 N–H and O–H groups in total. The van der Waals surface area contributed by atoms with E-state index in [1.54, 1.807) is 0 Å². The van der Waals surface area contributed by atoms with Gasteiger partial charge in [-0.15, -0.1) is 0 Å². The average Bonchev–Trinajstić information content (AvgIpc) is 2.03. The van der Waals surface area contributed by atoms with Gasteiger partial charge in [-0.1, -0.05) is 40.3 Å². The van der Waals surface area contributed by atoms with Crippen LogP contribution in [0.2, 0.25) is 0 Å². The van der Waals surface area contributed by atoms with E-state index in [-0.39, 0.29) is 0 Å². The maximum atomic E-state index is 3.77. The Bertz CT molecular complexity index is 143. The van der Waals surface area contributed by atoms with Crippen molar-refractivity contribution < 1.29 is 0 Å². The summed E-state index contributed by atoms with van der Waals surface area (Å²) in [6.07, 6.45) is 2.08. The molecule has 12 heavy (non-hydrogen) atoms. The summed E-state index contributed by atoms with van der Waals surface area (Å²) in [5.74, 6) is 0.557. The summed E-state index contributed by atoms with van der Waals surface area (Å²) in [6.45, 7) is 16.1. The molecule has 0 atom stereocenters. The summed E-state index contributed by atoms with van der Waals surface area (Å²) >= 11 is 0. The molecule has 0 aliphatic rings. The number of rotatable bonds is 3. The second-order valence-corrected chi connectivity index (χ2v) is 2.80. The highest BCUT2D eigenvalue weighted by atomic mass is 14.9. The van der Waals surface area contributed by atoms with Crippen LogP contribution in [0.15, 0.2) is 24.0 Å². The molecule has 0 radical (unpaired) electrons. The SMILES string of the molecule is C=C(C)N/C(=C\C)C(C)C.CC. The van der Waals surface area contributed by atoms with Gasteiger partial charge in [-0.2, -0.15) is 0 Å². The highest BCUT2D eigenvalue weighted by molar-refractivity contribution is 5.07. The van der Waals surface area contributed by atoms with Crippen LogP contribution in [0.3, 0.4) is 0 Å². The van der Waals surface area contributed by atoms with Crippen LogP contribution in [0.4, 0.5) is 0 Å². The molecule has 0 aromatic rings. The zero-order valence-corrected chi connectivity index (χ0v) is 9.36. The van der Waals surface area contributed by atoms with Crippen molar-refractivity contribution >= 4 is 0 Å². The van der Waals surface area contributed by atoms with Crippen molar-refractivity contribution in [3.05, 3.63) is 24.0 Å². The Labute approximate surface area is 77.6 Å². The molecule has 0 fully saturated rings. The quantitative estimate of drug-likeness (QED) is 0.679. The molecule has 0 amide bonds. The molecule has 0 unspecified atom stereocenters. The Morgan fingerprint density at radius 3 is 1.83 bits per heavy atom. The normalized spacial score (nSPS) is 10.4. The van der Waals surface area contributed by atoms with Crippen molar-refractivity contribution in [2.75, 3.05) is 0 Å². The minimum Gasteiger partial charge on any atom is -0.363 e. The molecular weight excluding hydrogens is 146 g/mol. The third kappa shape index (κ3) is 7.39. The summed E-state index contributed by atoms with van der Waals surface area (Å²) in [4.78, 5) is 0. The van der Waals surface area contributed by atoms with Crippen molar-refractivity contribution in [2.24, 2.45) is 5.92 Å². The largest absolute Gasteiger partial charge is 0.363 e. The maximum absolute atomic E-state index is 3.77. The van der Waals surface area contributed by atoms with Crippen molar-refractivity contribution in [3.63, 3.8) is 0 Å². The van der Waals surface area contributed by atoms with E-state index in [2.05, 4.69) is 31.8 Å². The van der Waals surface area contributed by atoms with Gasteiger partial charge in [-0.05, 0) is 19.8 Å². The van der Waals surface area contributed by atoms with E-state index >= 15 is 0 Å². The van der Waals surface area contributed by atoms with Crippen LogP contribution in [0.1, 0.15) is 41.5 Å². The molecular formula is C11H23N. The molecule has 0 aromatic carbocycles. The zero-order valence-electron chi connectivity index (χ0n) is 9.36. The standard InChI is InChI=1S/C9H17N.C2H6/c1-6-9(7(2)3)10-8(4)5;1-2/h6-7,10H,4H2,1-3,5H3;1-2H3/b9-6-;. The fraction of sp³-hybridized carbons (Fsp3) is 0.636. The Morgan fingerprint density at radius 1 is 1.33 bits per heavy atom. The minimum atomic E-state index is 0.557. The van der Waals surface area contributed by atoms with Crippen LogP contribution in [0.25, 0.3) is 0 Å². The molecule has 72 valence electrons. The van der Waals surface area contributed by atoms with Gasteiger partial charge in [0.1, 0.15) is 0 Å². The Balaban J connectivity index is 0. The lowest BCUT2D eigenvalue weighted by Gasteiger charge is -2.12. The van der Waals surface area contributed by atoms with Crippen LogP contribution in [0.5, 0.6) is 0 Å². The smallest absolute Gasteiger partial charge is 0.0131 e. The van der Waals surface area contributed by atoms with Crippen molar-refractivity contribution in [3.8, 4) is 0 Å². The van der Waals surface area contributed by atoms with Gasteiger partial charge in [0.05, 0.1) is 0 Å². The van der Waals surface area contributed by atoms with Gasteiger partial charge in [0.2, 0.25) is 0 Å². The molecule has 0 spiro atoms. The second-order valence-electron chi connectivity index (χ2n) is 2.80. The molecule has 0 heterocycles. The predicted molar refractivity (Wildman–Crippen MR) is 57.9 cm³/mol. The van der Waals surface area contributed by atoms with Crippen LogP contribution >= 0.6 is 0 Å². The average molecular weight is 169 g/mol. The number of hydrogen-bond acceptors (Lipinski definition) is 1. The monoisotopic (exact) mass is 169 g/mol. The highest BCUT2D eigenvalue weighted by Crippen LogP contribution is 2.06. The Hall–Kier alpha value is -0.720. The lowest BCUT2D eigenvalue weighted by atomic mass is 10.1. The molecule has 1 nitrogen and oxygen atoms in total. The molecule has 0 saturated carbocycles. The van der Waals surface area contributed by atoms with Gasteiger partial charge >= 0.3 is 0 Å². The molecule has 1 heteroatoms. The first-order valence-electron chi connectivity index (χ1n) is 4.66. The van der Waals surface area contributed by atoms with Crippen molar-refractivity contribution in [1.29, 1.82) is 0 Å². The van der Waals surface area contributed by atoms with Gasteiger partial charge < -0.3 is 5.32 Å². The first-order chi connectivity index (χ1) is 5.57. The van der Waals surface area contributed by atoms with Crippen LogP contribution in [-0.2, 0) is 0 Å². The lowest BCUT2D eigenvalue weighted by Crippen LogP contribution is -2.14. The van der Waals surface area contributed by atoms with Crippen molar-refractivity contribution in [2.45, 2.75) is 41.5 Å².